The van der Waals surface area contributed by atoms with E-state index in [9.17, 15) is 4.79 Å². The number of nitrogens with one attached hydrogen (secondary N) is 1. The van der Waals surface area contributed by atoms with Gasteiger partial charge >= 0.3 is 0 Å². The highest BCUT2D eigenvalue weighted by Gasteiger charge is 2.25. The Kier molecular flexibility index (Phi) is 4.88. The molecule has 3 rings (SSSR count). The van der Waals surface area contributed by atoms with Gasteiger partial charge in [0.15, 0.2) is 0 Å². The molecule has 1 unspecified atom stereocenters. The van der Waals surface area contributed by atoms with Crippen LogP contribution >= 0.6 is 0 Å². The first kappa shape index (κ1) is 15.5. The lowest BCUT2D eigenvalue weighted by atomic mass is 9.98. The fourth-order valence-electron chi connectivity index (χ4n) is 2.96. The maximum atomic E-state index is 12.1. The Morgan fingerprint density at radius 3 is 2.70 bits per heavy atom. The Labute approximate surface area is 136 Å². The number of likely N-dealkylation sites (tertiary alicyclic amines) is 1. The van der Waals surface area contributed by atoms with Gasteiger partial charge in [-0.15, -0.1) is 0 Å². The van der Waals surface area contributed by atoms with Gasteiger partial charge in [0.1, 0.15) is 5.75 Å². The maximum Gasteiger partial charge on any atom is 0.238 e. The zero-order valence-corrected chi connectivity index (χ0v) is 13.2. The first-order valence-corrected chi connectivity index (χ1v) is 7.81. The number of hydrogen-bond donors (Lipinski definition) is 1. The van der Waals surface area contributed by atoms with Crippen LogP contribution in [0.2, 0.25) is 0 Å². The predicted molar refractivity (Wildman–Crippen MR) is 89.7 cm³/mol. The van der Waals surface area contributed by atoms with E-state index in [-0.39, 0.29) is 5.91 Å². The molecular formula is C18H21N3O2. The van der Waals surface area contributed by atoms with Crippen molar-refractivity contribution < 1.29 is 9.53 Å². The minimum atomic E-state index is 0.0200. The quantitative estimate of drug-likeness (QED) is 0.922. The molecule has 1 saturated heterocycles. The highest BCUT2D eigenvalue weighted by molar-refractivity contribution is 5.92. The standard InChI is InChI=1S/C18H21N3O2/c1-23-17-4-2-14(3-5-17)15-8-11-21(12-15)13-18(22)20-16-6-9-19-10-7-16/h2-7,9-10,15H,8,11-13H2,1H3,(H,19,20,22). The topological polar surface area (TPSA) is 54.5 Å². The minimum absolute atomic E-state index is 0.0200. The number of benzene rings is 1. The summed E-state index contributed by atoms with van der Waals surface area (Å²) in [5.74, 6) is 1.38. The van der Waals surface area contributed by atoms with E-state index in [1.807, 2.05) is 12.1 Å². The highest BCUT2D eigenvalue weighted by atomic mass is 16.5. The van der Waals surface area contributed by atoms with Gasteiger partial charge in [-0.2, -0.15) is 0 Å². The summed E-state index contributed by atoms with van der Waals surface area (Å²) >= 11 is 0. The SMILES string of the molecule is COc1ccc(C2CCN(CC(=O)Nc3ccncc3)C2)cc1. The van der Waals surface area contributed by atoms with Gasteiger partial charge in [0, 0.05) is 24.6 Å². The number of pyridine rings is 1. The van der Waals surface area contributed by atoms with Crippen LogP contribution in [0.5, 0.6) is 5.75 Å². The fourth-order valence-corrected chi connectivity index (χ4v) is 2.96. The molecule has 0 bridgehead atoms. The predicted octanol–water partition coefficient (Wildman–Crippen LogP) is 2.52. The van der Waals surface area contributed by atoms with E-state index in [4.69, 9.17) is 4.74 Å². The minimum Gasteiger partial charge on any atom is -0.497 e. The lowest BCUT2D eigenvalue weighted by Gasteiger charge is -2.16. The second-order valence-corrected chi connectivity index (χ2v) is 5.78. The van der Waals surface area contributed by atoms with Gasteiger partial charge in [-0.05, 0) is 48.7 Å². The number of carbonyl (C=O) groups excluding carboxylic acids is 1. The molecule has 1 fully saturated rings. The van der Waals surface area contributed by atoms with Crippen LogP contribution in [0.15, 0.2) is 48.8 Å². The third-order valence-electron chi connectivity index (χ3n) is 4.19. The van der Waals surface area contributed by atoms with Crippen LogP contribution < -0.4 is 10.1 Å². The maximum absolute atomic E-state index is 12.1. The fraction of sp³-hybridized carbons (Fsp3) is 0.333. The van der Waals surface area contributed by atoms with Gasteiger partial charge in [0.2, 0.25) is 5.91 Å². The number of ether oxygens (including phenoxy) is 1. The van der Waals surface area contributed by atoms with Gasteiger partial charge in [0.05, 0.1) is 13.7 Å². The highest BCUT2D eigenvalue weighted by Crippen LogP contribution is 2.28. The molecule has 1 N–H and O–H groups in total. The van der Waals surface area contributed by atoms with Crippen LogP contribution in [0.3, 0.4) is 0 Å². The first-order chi connectivity index (χ1) is 11.2. The molecule has 2 heterocycles. The van der Waals surface area contributed by atoms with Crippen molar-refractivity contribution >= 4 is 11.6 Å². The second kappa shape index (κ2) is 7.24. The van der Waals surface area contributed by atoms with Crippen molar-refractivity contribution in [2.24, 2.45) is 0 Å². The summed E-state index contributed by atoms with van der Waals surface area (Å²) in [6.45, 7) is 2.28. The molecule has 2 aromatic rings. The van der Waals surface area contributed by atoms with Gasteiger partial charge < -0.3 is 10.1 Å². The van der Waals surface area contributed by atoms with Gasteiger partial charge in [0.25, 0.3) is 0 Å². The van der Waals surface area contributed by atoms with Crippen LogP contribution in [-0.2, 0) is 4.79 Å². The third-order valence-corrected chi connectivity index (χ3v) is 4.19. The molecule has 1 atom stereocenters. The number of aromatic nitrogens is 1. The zero-order valence-electron chi connectivity index (χ0n) is 13.2. The number of rotatable bonds is 5. The molecule has 23 heavy (non-hydrogen) atoms. The molecule has 5 heteroatoms. The molecule has 120 valence electrons. The van der Waals surface area contributed by atoms with Crippen molar-refractivity contribution in [2.75, 3.05) is 32.1 Å². The van der Waals surface area contributed by atoms with E-state index in [1.54, 1.807) is 31.6 Å². The lowest BCUT2D eigenvalue weighted by Crippen LogP contribution is -2.31. The summed E-state index contributed by atoms with van der Waals surface area (Å²) in [6.07, 6.45) is 4.42. The summed E-state index contributed by atoms with van der Waals surface area (Å²) in [7, 11) is 1.67. The van der Waals surface area contributed by atoms with Crippen molar-refractivity contribution in [1.82, 2.24) is 9.88 Å². The molecule has 1 amide bonds. The van der Waals surface area contributed by atoms with Crippen molar-refractivity contribution in [2.45, 2.75) is 12.3 Å². The van der Waals surface area contributed by atoms with E-state index in [2.05, 4.69) is 27.3 Å². The molecule has 1 aliphatic heterocycles. The van der Waals surface area contributed by atoms with Gasteiger partial charge in [-0.25, -0.2) is 0 Å². The Bertz CT molecular complexity index is 643. The molecule has 0 aliphatic carbocycles. The molecule has 5 nitrogen and oxygen atoms in total. The third kappa shape index (κ3) is 4.07. The Balaban J connectivity index is 1.52. The van der Waals surface area contributed by atoms with E-state index in [0.717, 1.165) is 30.9 Å². The van der Waals surface area contributed by atoms with Gasteiger partial charge in [-0.3, -0.25) is 14.7 Å². The van der Waals surface area contributed by atoms with Gasteiger partial charge in [-0.1, -0.05) is 12.1 Å². The summed E-state index contributed by atoms with van der Waals surface area (Å²) in [5.41, 5.74) is 2.10. The summed E-state index contributed by atoms with van der Waals surface area (Å²) in [6, 6.07) is 11.8. The number of nitrogens with zero attached hydrogens (tertiary/aromatic N) is 2. The molecule has 1 aromatic carbocycles. The normalized spacial score (nSPS) is 17.9. The van der Waals surface area contributed by atoms with E-state index >= 15 is 0 Å². The van der Waals surface area contributed by atoms with Crippen LogP contribution in [0.25, 0.3) is 0 Å². The van der Waals surface area contributed by atoms with E-state index < -0.39 is 0 Å². The number of anilines is 1. The van der Waals surface area contributed by atoms with Crippen molar-refractivity contribution in [1.29, 1.82) is 0 Å². The first-order valence-electron chi connectivity index (χ1n) is 7.81. The smallest absolute Gasteiger partial charge is 0.238 e. The summed E-state index contributed by atoms with van der Waals surface area (Å²) < 4.78 is 5.19. The molecule has 0 radical (unpaired) electrons. The molecule has 0 saturated carbocycles. The van der Waals surface area contributed by atoms with E-state index in [1.165, 1.54) is 5.56 Å². The number of methoxy groups -OCH3 is 1. The molecule has 1 aliphatic rings. The summed E-state index contributed by atoms with van der Waals surface area (Å²) in [4.78, 5) is 18.2. The number of amides is 1. The number of carbonyl (C=O) groups is 1. The van der Waals surface area contributed by atoms with Crippen molar-refractivity contribution in [3.05, 3.63) is 54.4 Å². The van der Waals surface area contributed by atoms with Crippen LogP contribution in [0, 0.1) is 0 Å². The Hall–Kier alpha value is -2.40. The molecule has 1 aromatic heterocycles. The van der Waals surface area contributed by atoms with Crippen LogP contribution in [-0.4, -0.2) is 42.5 Å². The lowest BCUT2D eigenvalue weighted by molar-refractivity contribution is -0.117. The number of hydrogen-bond acceptors (Lipinski definition) is 4. The monoisotopic (exact) mass is 311 g/mol. The second-order valence-electron chi connectivity index (χ2n) is 5.78. The van der Waals surface area contributed by atoms with Crippen LogP contribution in [0.4, 0.5) is 5.69 Å². The largest absolute Gasteiger partial charge is 0.497 e. The zero-order chi connectivity index (χ0) is 16.1. The Morgan fingerprint density at radius 2 is 2.00 bits per heavy atom. The van der Waals surface area contributed by atoms with Crippen LogP contribution in [0.1, 0.15) is 17.9 Å². The average molecular weight is 311 g/mol. The molecular weight excluding hydrogens is 290 g/mol. The van der Waals surface area contributed by atoms with Crippen molar-refractivity contribution in [3.8, 4) is 5.75 Å². The van der Waals surface area contributed by atoms with Crippen molar-refractivity contribution in [3.63, 3.8) is 0 Å². The van der Waals surface area contributed by atoms with E-state index in [0.29, 0.717) is 12.5 Å². The average Bonchev–Trinajstić information content (AvgIpc) is 3.04. The molecule has 0 spiro atoms. The Morgan fingerprint density at radius 1 is 1.26 bits per heavy atom. The summed E-state index contributed by atoms with van der Waals surface area (Å²) in [5, 5.41) is 2.90.